The lowest BCUT2D eigenvalue weighted by Gasteiger charge is -2.40. The highest BCUT2D eigenvalue weighted by Gasteiger charge is 2.26. The minimum atomic E-state index is 0.509. The van der Waals surface area contributed by atoms with Crippen LogP contribution >= 0.6 is 11.8 Å². The molecule has 0 spiro atoms. The molecule has 0 saturated carbocycles. The standard InChI is InChI=1S/C15H25N3S/c1-11(2)17-9-14-5-6-16-10-15(14)18-7-8-19-13(4)12(18)3/h5-6,10-13,17H,7-9H2,1-4H3. The first-order valence-corrected chi connectivity index (χ1v) is 8.19. The van der Waals surface area contributed by atoms with Gasteiger partial charge in [-0.2, -0.15) is 11.8 Å². The molecular formula is C15H25N3S. The monoisotopic (exact) mass is 279 g/mol. The maximum atomic E-state index is 4.33. The molecule has 0 aliphatic carbocycles. The number of anilines is 1. The number of hydrogen-bond acceptors (Lipinski definition) is 4. The molecule has 1 fully saturated rings. The van der Waals surface area contributed by atoms with E-state index in [9.17, 15) is 0 Å². The smallest absolute Gasteiger partial charge is 0.0601 e. The van der Waals surface area contributed by atoms with Gasteiger partial charge in [-0.1, -0.05) is 20.8 Å². The van der Waals surface area contributed by atoms with Gasteiger partial charge >= 0.3 is 0 Å². The third kappa shape index (κ3) is 3.63. The number of rotatable bonds is 4. The summed E-state index contributed by atoms with van der Waals surface area (Å²) in [5.41, 5.74) is 2.66. The number of pyridine rings is 1. The van der Waals surface area contributed by atoms with E-state index in [-0.39, 0.29) is 0 Å². The van der Waals surface area contributed by atoms with Crippen LogP contribution in [0, 0.1) is 0 Å². The molecule has 1 aromatic rings. The zero-order chi connectivity index (χ0) is 13.8. The molecule has 1 aliphatic rings. The van der Waals surface area contributed by atoms with Gasteiger partial charge < -0.3 is 10.2 Å². The Balaban J connectivity index is 2.18. The Labute approximate surface area is 121 Å². The van der Waals surface area contributed by atoms with Crippen molar-refractivity contribution in [1.29, 1.82) is 0 Å². The van der Waals surface area contributed by atoms with Gasteiger partial charge in [0, 0.05) is 42.4 Å². The fourth-order valence-corrected chi connectivity index (χ4v) is 3.51. The SMILES string of the molecule is CC(C)NCc1ccncc1N1CCSC(C)C1C. The number of aromatic nitrogens is 1. The van der Waals surface area contributed by atoms with Crippen LogP contribution in [0.25, 0.3) is 0 Å². The summed E-state index contributed by atoms with van der Waals surface area (Å²) in [6.07, 6.45) is 3.92. The first kappa shape index (κ1) is 14.7. The van der Waals surface area contributed by atoms with E-state index in [1.807, 2.05) is 12.4 Å². The van der Waals surface area contributed by atoms with Crippen molar-refractivity contribution in [2.45, 2.75) is 51.6 Å². The van der Waals surface area contributed by atoms with E-state index in [0.717, 1.165) is 13.1 Å². The summed E-state index contributed by atoms with van der Waals surface area (Å²) >= 11 is 2.07. The molecule has 2 rings (SSSR count). The van der Waals surface area contributed by atoms with Crippen molar-refractivity contribution < 1.29 is 0 Å². The van der Waals surface area contributed by atoms with Crippen LogP contribution in [0.1, 0.15) is 33.3 Å². The van der Waals surface area contributed by atoms with Crippen LogP contribution in [0.4, 0.5) is 5.69 Å². The molecule has 2 atom stereocenters. The fourth-order valence-electron chi connectivity index (χ4n) is 2.41. The van der Waals surface area contributed by atoms with Crippen molar-refractivity contribution >= 4 is 17.4 Å². The Morgan fingerprint density at radius 3 is 3.00 bits per heavy atom. The van der Waals surface area contributed by atoms with Gasteiger partial charge in [0.2, 0.25) is 0 Å². The third-order valence-corrected chi connectivity index (χ3v) is 5.12. The summed E-state index contributed by atoms with van der Waals surface area (Å²) in [4.78, 5) is 6.85. The van der Waals surface area contributed by atoms with Crippen LogP contribution in [0.5, 0.6) is 0 Å². The molecule has 106 valence electrons. The zero-order valence-corrected chi connectivity index (χ0v) is 13.2. The molecule has 0 radical (unpaired) electrons. The minimum Gasteiger partial charge on any atom is -0.365 e. The third-order valence-electron chi connectivity index (χ3n) is 3.78. The molecular weight excluding hydrogens is 254 g/mol. The van der Waals surface area contributed by atoms with Crippen LogP contribution in [-0.4, -0.2) is 34.6 Å². The van der Waals surface area contributed by atoms with Crippen molar-refractivity contribution in [3.63, 3.8) is 0 Å². The van der Waals surface area contributed by atoms with Gasteiger partial charge in [-0.25, -0.2) is 0 Å². The predicted octanol–water partition coefficient (Wildman–Crippen LogP) is 2.91. The lowest BCUT2D eigenvalue weighted by atomic mass is 10.1. The van der Waals surface area contributed by atoms with Gasteiger partial charge in [0.05, 0.1) is 11.9 Å². The molecule has 2 heterocycles. The highest BCUT2D eigenvalue weighted by atomic mass is 32.2. The largest absolute Gasteiger partial charge is 0.365 e. The van der Waals surface area contributed by atoms with Crippen LogP contribution < -0.4 is 10.2 Å². The van der Waals surface area contributed by atoms with E-state index in [4.69, 9.17) is 0 Å². The van der Waals surface area contributed by atoms with Crippen molar-refractivity contribution in [3.8, 4) is 0 Å². The van der Waals surface area contributed by atoms with Crippen molar-refractivity contribution in [3.05, 3.63) is 24.0 Å². The van der Waals surface area contributed by atoms with E-state index in [1.54, 1.807) is 0 Å². The fraction of sp³-hybridized carbons (Fsp3) is 0.667. The van der Waals surface area contributed by atoms with Gasteiger partial charge in [-0.05, 0) is 18.6 Å². The minimum absolute atomic E-state index is 0.509. The Kier molecular flexibility index (Phi) is 5.11. The van der Waals surface area contributed by atoms with Crippen molar-refractivity contribution in [2.24, 2.45) is 0 Å². The second-order valence-electron chi connectivity index (χ2n) is 5.55. The van der Waals surface area contributed by atoms with Gasteiger partial charge in [0.1, 0.15) is 0 Å². The molecule has 0 bridgehead atoms. The van der Waals surface area contributed by atoms with Gasteiger partial charge in [0.25, 0.3) is 0 Å². The summed E-state index contributed by atoms with van der Waals surface area (Å²) in [6, 6.07) is 3.22. The summed E-state index contributed by atoms with van der Waals surface area (Å²) in [5.74, 6) is 1.21. The van der Waals surface area contributed by atoms with E-state index in [2.05, 4.69) is 60.7 Å². The number of hydrogen-bond donors (Lipinski definition) is 1. The quantitative estimate of drug-likeness (QED) is 0.917. The van der Waals surface area contributed by atoms with E-state index >= 15 is 0 Å². The second-order valence-corrected chi connectivity index (χ2v) is 7.04. The van der Waals surface area contributed by atoms with E-state index in [0.29, 0.717) is 17.3 Å². The Bertz CT molecular complexity index is 408. The van der Waals surface area contributed by atoms with Crippen molar-refractivity contribution in [2.75, 3.05) is 17.2 Å². The number of nitrogens with one attached hydrogen (secondary N) is 1. The molecule has 1 N–H and O–H groups in total. The molecule has 0 aromatic carbocycles. The van der Waals surface area contributed by atoms with E-state index in [1.165, 1.54) is 17.0 Å². The summed E-state index contributed by atoms with van der Waals surface area (Å²) < 4.78 is 0. The second kappa shape index (κ2) is 6.62. The summed E-state index contributed by atoms with van der Waals surface area (Å²) in [5, 5.41) is 4.19. The zero-order valence-electron chi connectivity index (χ0n) is 12.4. The van der Waals surface area contributed by atoms with Crippen LogP contribution in [0.15, 0.2) is 18.5 Å². The number of nitrogens with zero attached hydrogens (tertiary/aromatic N) is 2. The highest BCUT2D eigenvalue weighted by molar-refractivity contribution is 8.00. The molecule has 1 aliphatic heterocycles. The molecule has 1 aromatic heterocycles. The molecule has 2 unspecified atom stereocenters. The van der Waals surface area contributed by atoms with Crippen LogP contribution in [-0.2, 0) is 6.54 Å². The number of thioether (sulfide) groups is 1. The Morgan fingerprint density at radius 1 is 1.47 bits per heavy atom. The first-order chi connectivity index (χ1) is 9.09. The topological polar surface area (TPSA) is 28.2 Å². The molecule has 19 heavy (non-hydrogen) atoms. The lowest BCUT2D eigenvalue weighted by molar-refractivity contribution is 0.581. The maximum Gasteiger partial charge on any atom is 0.0601 e. The molecule has 1 saturated heterocycles. The van der Waals surface area contributed by atoms with Gasteiger partial charge in [-0.3, -0.25) is 4.98 Å². The molecule has 3 nitrogen and oxygen atoms in total. The maximum absolute atomic E-state index is 4.33. The van der Waals surface area contributed by atoms with Gasteiger partial charge in [-0.15, -0.1) is 0 Å². The van der Waals surface area contributed by atoms with Crippen LogP contribution in [0.2, 0.25) is 0 Å². The summed E-state index contributed by atoms with van der Waals surface area (Å²) in [6.45, 7) is 11.1. The Hall–Kier alpha value is -0.740. The highest BCUT2D eigenvalue weighted by Crippen LogP contribution is 2.30. The first-order valence-electron chi connectivity index (χ1n) is 7.14. The molecule has 4 heteroatoms. The van der Waals surface area contributed by atoms with Gasteiger partial charge in [0.15, 0.2) is 0 Å². The summed E-state index contributed by atoms with van der Waals surface area (Å²) in [7, 11) is 0. The van der Waals surface area contributed by atoms with E-state index < -0.39 is 0 Å². The molecule has 0 amide bonds. The average Bonchev–Trinajstić information content (AvgIpc) is 2.40. The predicted molar refractivity (Wildman–Crippen MR) is 84.9 cm³/mol. The lowest BCUT2D eigenvalue weighted by Crippen LogP contribution is -2.45. The average molecular weight is 279 g/mol. The van der Waals surface area contributed by atoms with Crippen molar-refractivity contribution in [1.82, 2.24) is 10.3 Å². The Morgan fingerprint density at radius 2 is 2.26 bits per heavy atom. The van der Waals surface area contributed by atoms with Crippen LogP contribution in [0.3, 0.4) is 0 Å². The normalized spacial score (nSPS) is 23.9.